The van der Waals surface area contributed by atoms with Crippen molar-refractivity contribution >= 4 is 17.0 Å². The lowest BCUT2D eigenvalue weighted by molar-refractivity contribution is -0.150. The van der Waals surface area contributed by atoms with Gasteiger partial charge in [-0.3, -0.25) is 4.98 Å². The molecule has 2 aliphatic rings. The Kier molecular flexibility index (Phi) is 7.78. The summed E-state index contributed by atoms with van der Waals surface area (Å²) >= 11 is 0. The van der Waals surface area contributed by atoms with E-state index in [0.29, 0.717) is 31.9 Å². The minimum absolute atomic E-state index is 0.0921. The van der Waals surface area contributed by atoms with Crippen LogP contribution in [0, 0.1) is 11.8 Å². The Hall–Kier alpha value is -2.42. The minimum Gasteiger partial charge on any atom is -0.495 e. The Bertz CT molecular complexity index is 1070. The highest BCUT2D eigenvalue weighted by atomic mass is 16.7. The molecular weight excluding hydrogens is 460 g/mol. The molecular formula is C28H40N2O6. The van der Waals surface area contributed by atoms with Gasteiger partial charge in [-0.15, -0.1) is 0 Å². The highest BCUT2D eigenvalue weighted by Gasteiger charge is 2.44. The predicted molar refractivity (Wildman–Crippen MR) is 137 cm³/mol. The molecule has 1 aromatic carbocycles. The maximum atomic E-state index is 12.8. The summed E-state index contributed by atoms with van der Waals surface area (Å²) in [6.45, 7) is 11.1. The lowest BCUT2D eigenvalue weighted by atomic mass is 9.78. The number of rotatable bonds is 6. The first-order valence-corrected chi connectivity index (χ1v) is 12.9. The van der Waals surface area contributed by atoms with Crippen molar-refractivity contribution in [2.45, 2.75) is 77.5 Å². The number of carbonyl (C=O) groups excluding carboxylic acids is 1. The fourth-order valence-electron chi connectivity index (χ4n) is 5.31. The van der Waals surface area contributed by atoms with Crippen molar-refractivity contribution in [3.63, 3.8) is 0 Å². The van der Waals surface area contributed by atoms with E-state index in [2.05, 4.69) is 4.98 Å². The Balaban J connectivity index is 1.48. The summed E-state index contributed by atoms with van der Waals surface area (Å²) < 4.78 is 23.1. The summed E-state index contributed by atoms with van der Waals surface area (Å²) in [6.07, 6.45) is 2.88. The van der Waals surface area contributed by atoms with E-state index < -0.39 is 17.5 Å². The van der Waals surface area contributed by atoms with Gasteiger partial charge in [-0.1, -0.05) is 12.1 Å². The van der Waals surface area contributed by atoms with Crippen molar-refractivity contribution in [1.82, 2.24) is 9.88 Å². The van der Waals surface area contributed by atoms with Crippen molar-refractivity contribution in [3.8, 4) is 5.75 Å². The van der Waals surface area contributed by atoms with Crippen LogP contribution in [-0.4, -0.2) is 65.4 Å². The molecule has 8 nitrogen and oxygen atoms in total. The van der Waals surface area contributed by atoms with Gasteiger partial charge in [0.05, 0.1) is 37.6 Å². The van der Waals surface area contributed by atoms with Gasteiger partial charge >= 0.3 is 6.09 Å². The number of pyridine rings is 1. The number of amides is 1. The second kappa shape index (κ2) is 10.5. The van der Waals surface area contributed by atoms with E-state index in [0.717, 1.165) is 29.3 Å². The smallest absolute Gasteiger partial charge is 0.410 e. The van der Waals surface area contributed by atoms with E-state index in [1.807, 2.05) is 58.9 Å². The van der Waals surface area contributed by atoms with Crippen molar-refractivity contribution in [2.24, 2.45) is 11.8 Å². The van der Waals surface area contributed by atoms with Gasteiger partial charge in [0.1, 0.15) is 11.4 Å². The largest absolute Gasteiger partial charge is 0.495 e. The zero-order valence-corrected chi connectivity index (χ0v) is 22.3. The molecule has 2 saturated heterocycles. The minimum atomic E-state index is -0.641. The van der Waals surface area contributed by atoms with Crippen LogP contribution in [0.2, 0.25) is 0 Å². The number of aliphatic hydroxyl groups excluding tert-OH is 1. The summed E-state index contributed by atoms with van der Waals surface area (Å²) in [4.78, 5) is 19.1. The van der Waals surface area contributed by atoms with Gasteiger partial charge in [0.25, 0.3) is 0 Å². The number of hydrogen-bond acceptors (Lipinski definition) is 7. The van der Waals surface area contributed by atoms with Crippen molar-refractivity contribution < 1.29 is 28.8 Å². The molecule has 1 N–H and O–H groups in total. The summed E-state index contributed by atoms with van der Waals surface area (Å²) in [6, 6.07) is 7.74. The third-order valence-corrected chi connectivity index (χ3v) is 7.11. The second-order valence-electron chi connectivity index (χ2n) is 11.4. The van der Waals surface area contributed by atoms with Crippen LogP contribution in [-0.2, 0) is 14.2 Å². The lowest BCUT2D eigenvalue weighted by Gasteiger charge is -2.41. The summed E-state index contributed by atoms with van der Waals surface area (Å²) in [5.41, 5.74) is 1.14. The molecule has 2 aromatic rings. The van der Waals surface area contributed by atoms with E-state index in [1.165, 1.54) is 0 Å². The number of fused-ring (bicyclic) bond motifs is 1. The monoisotopic (exact) mass is 500 g/mol. The average molecular weight is 501 g/mol. The van der Waals surface area contributed by atoms with Gasteiger partial charge in [-0.2, -0.15) is 0 Å². The number of likely N-dealkylation sites (tertiary alicyclic amines) is 1. The molecule has 0 radical (unpaired) electrons. The number of aliphatic hydroxyl groups is 1. The van der Waals surface area contributed by atoms with Crippen LogP contribution >= 0.6 is 0 Å². The van der Waals surface area contributed by atoms with Gasteiger partial charge in [0.2, 0.25) is 0 Å². The van der Waals surface area contributed by atoms with Gasteiger partial charge in [-0.25, -0.2) is 4.79 Å². The van der Waals surface area contributed by atoms with Crippen LogP contribution in [0.5, 0.6) is 5.75 Å². The molecule has 0 spiro atoms. The molecule has 0 aliphatic carbocycles. The van der Waals surface area contributed by atoms with Crippen molar-refractivity contribution in [1.29, 1.82) is 0 Å². The third kappa shape index (κ3) is 6.28. The fraction of sp³-hybridized carbons (Fsp3) is 0.643. The molecule has 1 unspecified atom stereocenters. The fourth-order valence-corrected chi connectivity index (χ4v) is 5.31. The van der Waals surface area contributed by atoms with Crippen molar-refractivity contribution in [2.75, 3.05) is 26.8 Å². The number of nitrogens with zero attached hydrogens (tertiary/aromatic N) is 2. The molecule has 2 fully saturated rings. The number of carbonyl (C=O) groups is 1. The topological polar surface area (TPSA) is 90.4 Å². The number of benzene rings is 1. The Morgan fingerprint density at radius 2 is 2.11 bits per heavy atom. The highest BCUT2D eigenvalue weighted by Crippen LogP contribution is 2.39. The first-order valence-electron chi connectivity index (χ1n) is 12.9. The van der Waals surface area contributed by atoms with Crippen LogP contribution in [0.3, 0.4) is 0 Å². The van der Waals surface area contributed by atoms with Gasteiger partial charge in [-0.05, 0) is 77.5 Å². The number of aromatic nitrogens is 1. The molecule has 0 bridgehead atoms. The predicted octanol–water partition coefficient (Wildman–Crippen LogP) is 5.08. The Morgan fingerprint density at radius 1 is 1.33 bits per heavy atom. The Morgan fingerprint density at radius 3 is 2.78 bits per heavy atom. The molecule has 198 valence electrons. The quantitative estimate of drug-likeness (QED) is 0.591. The van der Waals surface area contributed by atoms with E-state index >= 15 is 0 Å². The van der Waals surface area contributed by atoms with Crippen LogP contribution in [0.25, 0.3) is 10.9 Å². The van der Waals surface area contributed by atoms with Crippen LogP contribution in [0.4, 0.5) is 4.79 Å². The Labute approximate surface area is 213 Å². The number of piperidine rings is 1. The van der Waals surface area contributed by atoms with Crippen LogP contribution < -0.4 is 4.74 Å². The normalized spacial score (nSPS) is 25.1. The lowest BCUT2D eigenvalue weighted by Crippen LogP contribution is -2.49. The molecule has 2 aliphatic heterocycles. The summed E-state index contributed by atoms with van der Waals surface area (Å²) in [7, 11) is 1.61. The van der Waals surface area contributed by atoms with Crippen LogP contribution in [0.15, 0.2) is 30.5 Å². The molecule has 1 amide bonds. The van der Waals surface area contributed by atoms with E-state index in [-0.39, 0.29) is 24.0 Å². The third-order valence-electron chi connectivity index (χ3n) is 7.11. The first-order chi connectivity index (χ1) is 17.0. The molecule has 3 heterocycles. The summed E-state index contributed by atoms with van der Waals surface area (Å²) in [5.74, 6) is 0.397. The van der Waals surface area contributed by atoms with E-state index in [1.54, 1.807) is 18.2 Å². The second-order valence-corrected chi connectivity index (χ2v) is 11.4. The van der Waals surface area contributed by atoms with Gasteiger partial charge < -0.3 is 29.0 Å². The molecule has 4 atom stereocenters. The molecule has 8 heteroatoms. The maximum Gasteiger partial charge on any atom is 0.410 e. The van der Waals surface area contributed by atoms with Crippen LogP contribution in [0.1, 0.15) is 65.5 Å². The standard InChI is InChI=1S/C28H40N2O6/c1-27(2,3)36-26(32)30-13-12-18(22(16-30)25-17-34-28(4,5)35-25)10-11-24(31)20-8-7-9-23-21(20)14-19(33-6)15-29-23/h7-9,14-15,18,22,24-25,31H,10-13,16-17H2,1-6H3/t18-,22+,24+,25?/m1/s1. The van der Waals surface area contributed by atoms with Gasteiger partial charge in [0.15, 0.2) is 5.79 Å². The zero-order chi connectivity index (χ0) is 26.1. The zero-order valence-electron chi connectivity index (χ0n) is 22.3. The molecule has 4 rings (SSSR count). The number of ether oxygens (including phenoxy) is 4. The molecule has 0 saturated carbocycles. The van der Waals surface area contributed by atoms with Crippen molar-refractivity contribution in [3.05, 3.63) is 36.0 Å². The van der Waals surface area contributed by atoms with E-state index in [9.17, 15) is 9.90 Å². The van der Waals surface area contributed by atoms with E-state index in [4.69, 9.17) is 18.9 Å². The number of methoxy groups -OCH3 is 1. The number of hydrogen-bond donors (Lipinski definition) is 1. The summed E-state index contributed by atoms with van der Waals surface area (Å²) in [5, 5.41) is 12.1. The maximum absolute atomic E-state index is 12.8. The molecule has 36 heavy (non-hydrogen) atoms. The average Bonchev–Trinajstić information content (AvgIpc) is 3.20. The van der Waals surface area contributed by atoms with Gasteiger partial charge in [0, 0.05) is 24.4 Å². The first kappa shape index (κ1) is 26.6. The molecule has 1 aromatic heterocycles. The highest BCUT2D eigenvalue weighted by molar-refractivity contribution is 5.83. The SMILES string of the molecule is COc1cnc2cccc([C@@H](O)CC[C@@H]3CCN(C(=O)OC(C)(C)C)C[C@@H]3C3COC(C)(C)O3)c2c1.